The maximum atomic E-state index is 9.58. The molecule has 3 N–H and O–H groups in total. The van der Waals surface area contributed by atoms with Gasteiger partial charge < -0.3 is 15.7 Å². The van der Waals surface area contributed by atoms with Gasteiger partial charge in [0.15, 0.2) is 5.96 Å². The van der Waals surface area contributed by atoms with E-state index in [0.717, 1.165) is 57.4 Å². The van der Waals surface area contributed by atoms with E-state index in [1.807, 2.05) is 7.05 Å². The van der Waals surface area contributed by atoms with E-state index in [1.54, 1.807) is 0 Å². The highest BCUT2D eigenvalue weighted by Gasteiger charge is 2.21. The summed E-state index contributed by atoms with van der Waals surface area (Å²) < 4.78 is 0. The van der Waals surface area contributed by atoms with Crippen molar-refractivity contribution in [3.8, 4) is 0 Å². The number of aliphatic hydroxyl groups excluding tert-OH is 1. The van der Waals surface area contributed by atoms with E-state index < -0.39 is 0 Å². The lowest BCUT2D eigenvalue weighted by Crippen LogP contribution is -2.37. The Morgan fingerprint density at radius 2 is 1.75 bits per heavy atom. The third kappa shape index (κ3) is 5.49. The van der Waals surface area contributed by atoms with Gasteiger partial charge in [-0.15, -0.1) is 0 Å². The summed E-state index contributed by atoms with van der Waals surface area (Å²) >= 11 is 0. The first kappa shape index (κ1) is 17.2. The number of nitrogens with one attached hydrogen (secondary N) is 2. The van der Waals surface area contributed by atoms with Crippen molar-refractivity contribution in [2.45, 2.75) is 44.9 Å². The molecule has 1 aromatic carbocycles. The summed E-state index contributed by atoms with van der Waals surface area (Å²) in [7, 11) is 1.82. The molecule has 5 nitrogen and oxygen atoms in total. The van der Waals surface area contributed by atoms with Crippen molar-refractivity contribution in [1.29, 1.82) is 0 Å². The van der Waals surface area contributed by atoms with Gasteiger partial charge in [-0.25, -0.2) is 0 Å². The van der Waals surface area contributed by atoms with Crippen molar-refractivity contribution in [2.24, 2.45) is 10.9 Å². The number of nitrogens with zero attached hydrogens (tertiary/aromatic N) is 2. The van der Waals surface area contributed by atoms with Crippen LogP contribution in [0.4, 0.5) is 0 Å². The lowest BCUT2D eigenvalue weighted by molar-refractivity contribution is 0.0792. The van der Waals surface area contributed by atoms with Crippen LogP contribution < -0.4 is 10.6 Å². The Bertz CT molecular complexity index is 531. The highest BCUT2D eigenvalue weighted by Crippen LogP contribution is 2.27. The summed E-state index contributed by atoms with van der Waals surface area (Å²) in [5.41, 5.74) is 2.61. The van der Waals surface area contributed by atoms with Crippen LogP contribution in [0.5, 0.6) is 0 Å². The Kier molecular flexibility index (Phi) is 6.10. The number of hydrogen-bond donors (Lipinski definition) is 3. The van der Waals surface area contributed by atoms with Gasteiger partial charge in [0.05, 0.1) is 6.10 Å². The number of rotatable bonds is 6. The molecular weight excluding hydrogens is 300 g/mol. The van der Waals surface area contributed by atoms with Gasteiger partial charge in [-0.1, -0.05) is 24.3 Å². The van der Waals surface area contributed by atoms with Crippen LogP contribution in [0.1, 0.15) is 36.8 Å². The van der Waals surface area contributed by atoms with E-state index in [-0.39, 0.29) is 6.10 Å². The number of hydrogen-bond acceptors (Lipinski definition) is 3. The van der Waals surface area contributed by atoms with Crippen molar-refractivity contribution >= 4 is 5.96 Å². The molecule has 24 heavy (non-hydrogen) atoms. The summed E-state index contributed by atoms with van der Waals surface area (Å²) in [5, 5.41) is 16.3. The smallest absolute Gasteiger partial charge is 0.191 e. The maximum Gasteiger partial charge on any atom is 0.191 e. The molecule has 3 rings (SSSR count). The van der Waals surface area contributed by atoms with Crippen molar-refractivity contribution in [3.05, 3.63) is 35.4 Å². The Morgan fingerprint density at radius 1 is 1.08 bits per heavy atom. The summed E-state index contributed by atoms with van der Waals surface area (Å²) in [5.74, 6) is 1.73. The fraction of sp³-hybridized carbons (Fsp3) is 0.632. The SMILES string of the molecule is CN=C(NCc1ccc(CN2CCC(O)CC2)cc1)NCC1CC1. The molecule has 0 radical (unpaired) electrons. The number of likely N-dealkylation sites (tertiary alicyclic amines) is 1. The molecule has 0 amide bonds. The number of guanidine groups is 1. The lowest BCUT2D eigenvalue weighted by atomic mass is 10.1. The molecule has 1 aliphatic carbocycles. The molecule has 1 heterocycles. The molecule has 1 aliphatic heterocycles. The van der Waals surface area contributed by atoms with E-state index in [9.17, 15) is 5.11 Å². The van der Waals surface area contributed by atoms with Crippen molar-refractivity contribution in [1.82, 2.24) is 15.5 Å². The van der Waals surface area contributed by atoms with E-state index in [4.69, 9.17) is 0 Å². The van der Waals surface area contributed by atoms with Crippen LogP contribution in [-0.2, 0) is 13.1 Å². The fourth-order valence-electron chi connectivity index (χ4n) is 3.07. The Labute approximate surface area is 145 Å². The fourth-order valence-corrected chi connectivity index (χ4v) is 3.07. The Balaban J connectivity index is 1.42. The first-order chi connectivity index (χ1) is 11.7. The van der Waals surface area contributed by atoms with Crippen molar-refractivity contribution in [3.63, 3.8) is 0 Å². The molecule has 0 bridgehead atoms. The van der Waals surface area contributed by atoms with Gasteiger partial charge in [-0.3, -0.25) is 9.89 Å². The van der Waals surface area contributed by atoms with Crippen LogP contribution in [0.3, 0.4) is 0 Å². The van der Waals surface area contributed by atoms with Crippen molar-refractivity contribution < 1.29 is 5.11 Å². The van der Waals surface area contributed by atoms with E-state index in [2.05, 4.69) is 44.8 Å². The summed E-state index contributed by atoms with van der Waals surface area (Å²) in [4.78, 5) is 6.69. The van der Waals surface area contributed by atoms with Crippen molar-refractivity contribution in [2.75, 3.05) is 26.7 Å². The van der Waals surface area contributed by atoms with Gasteiger partial charge in [0, 0.05) is 39.8 Å². The number of piperidine rings is 1. The zero-order valence-corrected chi connectivity index (χ0v) is 14.7. The molecule has 2 aliphatic rings. The first-order valence-electron chi connectivity index (χ1n) is 9.15. The normalized spacial score (nSPS) is 20.2. The van der Waals surface area contributed by atoms with Crippen LogP contribution in [-0.4, -0.2) is 48.8 Å². The van der Waals surface area contributed by atoms with Gasteiger partial charge in [-0.05, 0) is 42.7 Å². The summed E-state index contributed by atoms with van der Waals surface area (Å²) in [6, 6.07) is 8.80. The van der Waals surface area contributed by atoms with Gasteiger partial charge in [0.25, 0.3) is 0 Å². The predicted octanol–water partition coefficient (Wildman–Crippen LogP) is 1.72. The molecule has 0 atom stereocenters. The second-order valence-corrected chi connectivity index (χ2v) is 7.07. The lowest BCUT2D eigenvalue weighted by Gasteiger charge is -2.29. The topological polar surface area (TPSA) is 59.9 Å². The Morgan fingerprint density at radius 3 is 2.38 bits per heavy atom. The van der Waals surface area contributed by atoms with Crippen LogP contribution in [0.25, 0.3) is 0 Å². The minimum absolute atomic E-state index is 0.0994. The predicted molar refractivity (Wildman–Crippen MR) is 97.9 cm³/mol. The van der Waals surface area contributed by atoms with Crippen LogP contribution in [0, 0.1) is 5.92 Å². The minimum atomic E-state index is -0.0994. The number of aliphatic imine (C=N–C) groups is 1. The Hall–Kier alpha value is -1.59. The van der Waals surface area contributed by atoms with Crippen LogP contribution >= 0.6 is 0 Å². The second kappa shape index (κ2) is 8.49. The molecule has 1 saturated heterocycles. The molecule has 132 valence electrons. The number of aliphatic hydroxyl groups is 1. The standard InChI is InChI=1S/C19H30N4O/c1-20-19(21-12-15-2-3-15)22-13-16-4-6-17(7-5-16)14-23-10-8-18(24)9-11-23/h4-7,15,18,24H,2-3,8-14H2,1H3,(H2,20,21,22). The van der Waals surface area contributed by atoms with Gasteiger partial charge >= 0.3 is 0 Å². The van der Waals surface area contributed by atoms with Gasteiger partial charge in [0.2, 0.25) is 0 Å². The number of benzene rings is 1. The zero-order valence-electron chi connectivity index (χ0n) is 14.7. The maximum absolute atomic E-state index is 9.58. The second-order valence-electron chi connectivity index (χ2n) is 7.07. The van der Waals surface area contributed by atoms with E-state index in [1.165, 1.54) is 24.0 Å². The third-order valence-electron chi connectivity index (χ3n) is 4.92. The van der Waals surface area contributed by atoms with Crippen LogP contribution in [0.2, 0.25) is 0 Å². The molecule has 0 spiro atoms. The molecule has 2 fully saturated rings. The van der Waals surface area contributed by atoms with E-state index >= 15 is 0 Å². The molecular formula is C19H30N4O. The average molecular weight is 330 g/mol. The third-order valence-corrected chi connectivity index (χ3v) is 4.92. The quantitative estimate of drug-likeness (QED) is 0.549. The highest BCUT2D eigenvalue weighted by molar-refractivity contribution is 5.79. The molecule has 0 unspecified atom stereocenters. The summed E-state index contributed by atoms with van der Waals surface area (Å²) in [6.07, 6.45) is 4.39. The highest BCUT2D eigenvalue weighted by atomic mass is 16.3. The first-order valence-corrected chi connectivity index (χ1v) is 9.15. The molecule has 1 aromatic rings. The van der Waals surface area contributed by atoms with Gasteiger partial charge in [-0.2, -0.15) is 0 Å². The average Bonchev–Trinajstić information content (AvgIpc) is 3.43. The van der Waals surface area contributed by atoms with Gasteiger partial charge in [0.1, 0.15) is 0 Å². The van der Waals surface area contributed by atoms with Crippen LogP contribution in [0.15, 0.2) is 29.3 Å². The largest absolute Gasteiger partial charge is 0.393 e. The minimum Gasteiger partial charge on any atom is -0.393 e. The monoisotopic (exact) mass is 330 g/mol. The molecule has 0 aromatic heterocycles. The van der Waals surface area contributed by atoms with E-state index in [0.29, 0.717) is 0 Å². The molecule has 1 saturated carbocycles. The molecule has 5 heteroatoms. The summed E-state index contributed by atoms with van der Waals surface area (Å²) in [6.45, 7) is 4.79. The zero-order chi connectivity index (χ0) is 16.8.